The van der Waals surface area contributed by atoms with Gasteiger partial charge in [0.25, 0.3) is 0 Å². The molecule has 0 aromatic carbocycles. The largest absolute Gasteiger partial charge is 0.472 e. The van der Waals surface area contributed by atoms with Gasteiger partial charge in [-0.25, -0.2) is 4.57 Å². The van der Waals surface area contributed by atoms with E-state index < -0.39 is 57.8 Å². The Kier molecular flexibility index (Phi) is 56.8. The van der Waals surface area contributed by atoms with Gasteiger partial charge in [-0.3, -0.25) is 23.4 Å². The predicted octanol–water partition coefficient (Wildman–Crippen LogP) is 18.8. The molecular formula is C66H113O11P. The van der Waals surface area contributed by atoms with E-state index in [0.717, 1.165) is 89.9 Å². The van der Waals surface area contributed by atoms with Crippen molar-refractivity contribution in [1.29, 1.82) is 0 Å². The Morgan fingerprint density at radius 2 is 0.692 bits per heavy atom. The molecular weight excluding hydrogens is 1000 g/mol. The SMILES string of the molecule is CC/C=C\C/C=C\C/C=C\C/C=C\C/C=C\C/C=C\CCC(=O)OC(COC(=O)CCCCCCCCC/C=C\C/C=C\CCCCC)COP(=O)(O)OCC(CO)OC(=O)CCCCCCCCCCCCCCCCC. The molecule has 2 N–H and O–H groups in total. The highest BCUT2D eigenvalue weighted by Gasteiger charge is 2.28. The lowest BCUT2D eigenvalue weighted by atomic mass is 10.0. The molecule has 0 radical (unpaired) electrons. The predicted molar refractivity (Wildman–Crippen MR) is 325 cm³/mol. The smallest absolute Gasteiger partial charge is 0.462 e. The number of carbonyl (C=O) groups excluding carboxylic acids is 3. The number of aliphatic hydroxyl groups excluding tert-OH is 1. The lowest BCUT2D eigenvalue weighted by Gasteiger charge is -2.21. The molecule has 0 aliphatic rings. The molecule has 0 bridgehead atoms. The van der Waals surface area contributed by atoms with Crippen LogP contribution < -0.4 is 0 Å². The van der Waals surface area contributed by atoms with Crippen LogP contribution in [0.15, 0.2) is 97.2 Å². The zero-order chi connectivity index (χ0) is 56.9. The molecule has 0 saturated carbocycles. The molecule has 11 nitrogen and oxygen atoms in total. The summed E-state index contributed by atoms with van der Waals surface area (Å²) in [6.07, 6.45) is 70.9. The first-order chi connectivity index (χ1) is 38.2. The van der Waals surface area contributed by atoms with Gasteiger partial charge in [0.2, 0.25) is 0 Å². The first-order valence-corrected chi connectivity index (χ1v) is 32.6. The number of aliphatic hydroxyl groups is 1. The lowest BCUT2D eigenvalue weighted by molar-refractivity contribution is -0.161. The highest BCUT2D eigenvalue weighted by Crippen LogP contribution is 2.43. The maximum Gasteiger partial charge on any atom is 0.472 e. The van der Waals surface area contributed by atoms with Crippen LogP contribution in [0.4, 0.5) is 0 Å². The Hall–Kier alpha value is -3.60. The second-order valence-corrected chi connectivity index (χ2v) is 21.9. The van der Waals surface area contributed by atoms with E-state index in [0.29, 0.717) is 25.7 Å². The van der Waals surface area contributed by atoms with E-state index >= 15 is 0 Å². The minimum Gasteiger partial charge on any atom is -0.462 e. The number of hydrogen-bond acceptors (Lipinski definition) is 10. The van der Waals surface area contributed by atoms with Crippen molar-refractivity contribution < 1.29 is 52.2 Å². The third-order valence-electron chi connectivity index (χ3n) is 13.0. The molecule has 448 valence electrons. The average molecular weight is 1110 g/mol. The summed E-state index contributed by atoms with van der Waals surface area (Å²) in [5.74, 6) is -1.57. The van der Waals surface area contributed by atoms with Crippen LogP contribution in [0.1, 0.15) is 265 Å². The van der Waals surface area contributed by atoms with Crippen molar-refractivity contribution in [2.75, 3.05) is 26.4 Å². The fourth-order valence-corrected chi connectivity index (χ4v) is 9.08. The van der Waals surface area contributed by atoms with Crippen molar-refractivity contribution in [3.8, 4) is 0 Å². The third kappa shape index (κ3) is 57.1. The number of rotatable bonds is 57. The zero-order valence-electron chi connectivity index (χ0n) is 49.6. The summed E-state index contributed by atoms with van der Waals surface area (Å²) in [4.78, 5) is 48.6. The summed E-state index contributed by atoms with van der Waals surface area (Å²) < 4.78 is 39.5. The second kappa shape index (κ2) is 59.5. The van der Waals surface area contributed by atoms with E-state index in [1.807, 2.05) is 12.2 Å². The third-order valence-corrected chi connectivity index (χ3v) is 14.0. The van der Waals surface area contributed by atoms with Gasteiger partial charge in [0.1, 0.15) is 12.7 Å². The lowest BCUT2D eigenvalue weighted by Crippen LogP contribution is -2.30. The summed E-state index contributed by atoms with van der Waals surface area (Å²) in [5.41, 5.74) is 0. The highest BCUT2D eigenvalue weighted by atomic mass is 31.2. The number of phosphoric ester groups is 1. The first kappa shape index (κ1) is 74.4. The van der Waals surface area contributed by atoms with Gasteiger partial charge in [0.15, 0.2) is 6.10 Å². The van der Waals surface area contributed by atoms with Crippen molar-refractivity contribution >= 4 is 25.7 Å². The monoisotopic (exact) mass is 1110 g/mol. The van der Waals surface area contributed by atoms with Crippen molar-refractivity contribution in [3.05, 3.63) is 97.2 Å². The molecule has 0 aromatic heterocycles. The quantitative estimate of drug-likeness (QED) is 0.0197. The fourth-order valence-electron chi connectivity index (χ4n) is 8.30. The summed E-state index contributed by atoms with van der Waals surface area (Å²) in [6.45, 7) is 4.44. The van der Waals surface area contributed by atoms with Gasteiger partial charge in [-0.1, -0.05) is 253 Å². The Labute approximate surface area is 476 Å². The topological polar surface area (TPSA) is 155 Å². The average Bonchev–Trinajstić information content (AvgIpc) is 3.43. The maximum atomic E-state index is 12.9. The zero-order valence-corrected chi connectivity index (χ0v) is 50.5. The highest BCUT2D eigenvalue weighted by molar-refractivity contribution is 7.47. The molecule has 0 fully saturated rings. The normalized spacial score (nSPS) is 14.0. The number of ether oxygens (including phenoxy) is 3. The van der Waals surface area contributed by atoms with Crippen LogP contribution in [0.5, 0.6) is 0 Å². The van der Waals surface area contributed by atoms with Crippen LogP contribution >= 0.6 is 7.82 Å². The number of carbonyl (C=O) groups is 3. The van der Waals surface area contributed by atoms with Crippen LogP contribution in [0, 0.1) is 0 Å². The van der Waals surface area contributed by atoms with Crippen molar-refractivity contribution in [2.24, 2.45) is 0 Å². The minimum absolute atomic E-state index is 0.0381. The molecule has 78 heavy (non-hydrogen) atoms. The van der Waals surface area contributed by atoms with E-state index in [4.69, 9.17) is 23.3 Å². The van der Waals surface area contributed by atoms with E-state index in [1.54, 1.807) is 0 Å². The molecule has 0 heterocycles. The summed E-state index contributed by atoms with van der Waals surface area (Å²) in [6, 6.07) is 0. The summed E-state index contributed by atoms with van der Waals surface area (Å²) >= 11 is 0. The number of unbranched alkanes of at least 4 members (excludes halogenated alkanes) is 24. The van der Waals surface area contributed by atoms with Crippen LogP contribution in [0.25, 0.3) is 0 Å². The molecule has 3 unspecified atom stereocenters. The van der Waals surface area contributed by atoms with Crippen molar-refractivity contribution in [3.63, 3.8) is 0 Å². The van der Waals surface area contributed by atoms with Gasteiger partial charge < -0.3 is 24.2 Å². The van der Waals surface area contributed by atoms with Gasteiger partial charge in [0.05, 0.1) is 19.8 Å². The number of allylic oxidation sites excluding steroid dienone is 16. The van der Waals surface area contributed by atoms with Gasteiger partial charge in [0, 0.05) is 19.3 Å². The molecule has 12 heteroatoms. The van der Waals surface area contributed by atoms with Crippen LogP contribution in [-0.2, 0) is 42.2 Å². The minimum atomic E-state index is -4.78. The Balaban J connectivity index is 4.83. The van der Waals surface area contributed by atoms with Gasteiger partial charge in [-0.15, -0.1) is 0 Å². The second-order valence-electron chi connectivity index (χ2n) is 20.5. The van der Waals surface area contributed by atoms with Crippen LogP contribution in [-0.4, -0.2) is 66.5 Å². The van der Waals surface area contributed by atoms with Crippen LogP contribution in [0.2, 0.25) is 0 Å². The maximum absolute atomic E-state index is 12.9. The molecule has 0 saturated heterocycles. The molecule has 0 spiro atoms. The summed E-state index contributed by atoms with van der Waals surface area (Å²) in [7, 11) is -4.78. The molecule has 3 atom stereocenters. The number of esters is 3. The van der Waals surface area contributed by atoms with E-state index in [9.17, 15) is 28.9 Å². The number of phosphoric acid groups is 1. The van der Waals surface area contributed by atoms with Gasteiger partial charge in [-0.05, 0) is 89.9 Å². The first-order valence-electron chi connectivity index (χ1n) is 31.1. The van der Waals surface area contributed by atoms with E-state index in [1.165, 1.54) is 109 Å². The Morgan fingerprint density at radius 3 is 1.13 bits per heavy atom. The van der Waals surface area contributed by atoms with Crippen molar-refractivity contribution in [2.45, 2.75) is 277 Å². The Morgan fingerprint density at radius 1 is 0.372 bits per heavy atom. The van der Waals surface area contributed by atoms with E-state index in [-0.39, 0.29) is 25.9 Å². The standard InChI is InChI=1S/C66H113O11P/c1-4-7-10-13-16-19-22-25-28-30-31-33-36-39-42-45-48-51-54-57-66(70)77-63(59-73-64(68)55-52-49-46-43-40-37-35-32-29-26-23-20-17-14-11-8-5-2)61-75-78(71,72)74-60-62(58-67)76-65(69)56-53-50-47-44-41-38-34-27-24-21-18-15-12-9-6-3/h7,10,16-17,19-20,25-26,28-29,31,33,39,42,48,51,62-63,67H,4-6,8-9,11-15,18,21-24,27,30,32,34-38,40-41,43-47,49-50,52-61H2,1-3H3,(H,71,72)/b10-7-,19-16-,20-17-,28-25-,29-26-,33-31-,42-39-,51-48-. The van der Waals surface area contributed by atoms with Gasteiger partial charge >= 0.3 is 25.7 Å². The molecule has 0 aliphatic carbocycles. The van der Waals surface area contributed by atoms with Crippen molar-refractivity contribution in [1.82, 2.24) is 0 Å². The molecule has 0 amide bonds. The summed E-state index contributed by atoms with van der Waals surface area (Å²) in [5, 5.41) is 9.84. The molecule has 0 aliphatic heterocycles. The number of hydrogen-bond donors (Lipinski definition) is 2. The van der Waals surface area contributed by atoms with E-state index in [2.05, 4.69) is 106 Å². The van der Waals surface area contributed by atoms with Crippen LogP contribution in [0.3, 0.4) is 0 Å². The molecule has 0 aromatic rings. The fraction of sp³-hybridized carbons (Fsp3) is 0.712. The Bertz CT molecular complexity index is 1680. The molecule has 0 rings (SSSR count). The van der Waals surface area contributed by atoms with Gasteiger partial charge in [-0.2, -0.15) is 0 Å².